The third kappa shape index (κ3) is 3.16. The lowest BCUT2D eigenvalue weighted by Crippen LogP contribution is -2.09. The highest BCUT2D eigenvalue weighted by atomic mass is 32.1. The van der Waals surface area contributed by atoms with Crippen LogP contribution in [0.5, 0.6) is 0 Å². The van der Waals surface area contributed by atoms with Crippen molar-refractivity contribution in [3.05, 3.63) is 35.3 Å². The Morgan fingerprint density at radius 1 is 1.33 bits per heavy atom. The number of nitrogens with one attached hydrogen (secondary N) is 1. The van der Waals surface area contributed by atoms with Gasteiger partial charge in [0.2, 0.25) is 5.91 Å². The minimum Gasteiger partial charge on any atom is -0.302 e. The Morgan fingerprint density at radius 3 is 2.81 bits per heavy atom. The number of amides is 1. The van der Waals surface area contributed by atoms with Crippen LogP contribution in [0.2, 0.25) is 0 Å². The summed E-state index contributed by atoms with van der Waals surface area (Å²) in [5, 5.41) is 8.52. The summed E-state index contributed by atoms with van der Waals surface area (Å²) in [7, 11) is 0. The van der Waals surface area contributed by atoms with E-state index in [1.807, 2.05) is 26.1 Å². The fourth-order valence-corrected chi connectivity index (χ4v) is 4.46. The number of carbonyl (C=O) groups excluding carboxylic acids is 1. The molecule has 0 unspecified atom stereocenters. The molecule has 0 saturated carbocycles. The summed E-state index contributed by atoms with van der Waals surface area (Å²) in [6.45, 7) is 8.11. The molecular weight excluding hydrogens is 358 g/mol. The molecule has 0 saturated heterocycles. The molecule has 3 aromatic rings. The predicted molar refractivity (Wildman–Crippen MR) is 108 cm³/mol. The molecule has 0 spiro atoms. The second-order valence-corrected chi connectivity index (χ2v) is 8.10. The molecule has 27 heavy (non-hydrogen) atoms. The minimum atomic E-state index is -0.00916. The molecule has 0 bridgehead atoms. The van der Waals surface area contributed by atoms with E-state index in [9.17, 15) is 4.79 Å². The Bertz CT molecular complexity index is 1000. The van der Waals surface area contributed by atoms with Crippen LogP contribution in [0.4, 0.5) is 5.13 Å². The van der Waals surface area contributed by atoms with Gasteiger partial charge in [-0.25, -0.2) is 4.98 Å². The molecule has 0 radical (unpaired) electrons. The maximum absolute atomic E-state index is 11.8. The number of anilines is 1. The number of hydrogen-bond acceptors (Lipinski definition) is 5. The number of thiazole rings is 1. The van der Waals surface area contributed by atoms with Gasteiger partial charge in [-0.3, -0.25) is 14.5 Å². The Hall–Kier alpha value is -2.54. The van der Waals surface area contributed by atoms with E-state index in [2.05, 4.69) is 39.9 Å². The largest absolute Gasteiger partial charge is 0.302 e. The summed E-state index contributed by atoms with van der Waals surface area (Å²) in [4.78, 5) is 22.0. The van der Waals surface area contributed by atoms with E-state index >= 15 is 0 Å². The molecule has 7 heteroatoms. The van der Waals surface area contributed by atoms with E-state index in [1.54, 1.807) is 11.3 Å². The molecule has 3 heterocycles. The monoisotopic (exact) mass is 381 g/mol. The molecule has 1 aliphatic carbocycles. The van der Waals surface area contributed by atoms with E-state index in [4.69, 9.17) is 5.10 Å². The highest BCUT2D eigenvalue weighted by Gasteiger charge is 2.30. The lowest BCUT2D eigenvalue weighted by molar-refractivity contribution is -0.115. The lowest BCUT2D eigenvalue weighted by atomic mass is 9.95. The normalized spacial score (nSPS) is 12.8. The van der Waals surface area contributed by atoms with E-state index in [-0.39, 0.29) is 11.9 Å². The second kappa shape index (κ2) is 6.88. The average molecular weight is 382 g/mol. The first-order chi connectivity index (χ1) is 13.0. The number of hydrogen-bond donors (Lipinski definition) is 1. The smallest absolute Gasteiger partial charge is 0.225 e. The van der Waals surface area contributed by atoms with Crippen LogP contribution in [-0.4, -0.2) is 25.7 Å². The van der Waals surface area contributed by atoms with Gasteiger partial charge >= 0.3 is 0 Å². The SMILES string of the molecule is CCC(=O)Nc1nc2c(s1)-c1c(c(-c3ccc(C)nc3)nn1C(C)C)CC2. The van der Waals surface area contributed by atoms with Crippen LogP contribution in [0.1, 0.15) is 50.2 Å². The Labute approximate surface area is 162 Å². The molecular formula is C20H23N5OS. The third-order valence-corrected chi connectivity index (χ3v) is 5.79. The maximum atomic E-state index is 11.8. The van der Waals surface area contributed by atoms with Crippen molar-refractivity contribution in [2.75, 3.05) is 5.32 Å². The molecule has 3 aromatic heterocycles. The summed E-state index contributed by atoms with van der Waals surface area (Å²) < 4.78 is 2.09. The van der Waals surface area contributed by atoms with Crippen molar-refractivity contribution >= 4 is 22.4 Å². The Morgan fingerprint density at radius 2 is 2.15 bits per heavy atom. The van der Waals surface area contributed by atoms with Gasteiger partial charge in [0.25, 0.3) is 0 Å². The average Bonchev–Trinajstić information content (AvgIpc) is 3.23. The molecule has 4 rings (SSSR count). The molecule has 1 amide bonds. The molecule has 0 atom stereocenters. The van der Waals surface area contributed by atoms with E-state index in [0.29, 0.717) is 11.6 Å². The van der Waals surface area contributed by atoms with Crippen LogP contribution in [0.25, 0.3) is 21.8 Å². The van der Waals surface area contributed by atoms with Gasteiger partial charge in [-0.15, -0.1) is 0 Å². The second-order valence-electron chi connectivity index (χ2n) is 7.10. The molecule has 6 nitrogen and oxygen atoms in total. The third-order valence-electron chi connectivity index (χ3n) is 4.77. The summed E-state index contributed by atoms with van der Waals surface area (Å²) in [5.41, 5.74) is 6.48. The van der Waals surface area contributed by atoms with Crippen LogP contribution in [-0.2, 0) is 17.6 Å². The topological polar surface area (TPSA) is 72.7 Å². The summed E-state index contributed by atoms with van der Waals surface area (Å²) in [5.74, 6) is -0.00916. The molecule has 1 N–H and O–H groups in total. The van der Waals surface area contributed by atoms with Crippen molar-refractivity contribution in [1.82, 2.24) is 19.7 Å². The summed E-state index contributed by atoms with van der Waals surface area (Å²) >= 11 is 1.54. The maximum Gasteiger partial charge on any atom is 0.225 e. The lowest BCUT2D eigenvalue weighted by Gasteiger charge is -2.15. The first-order valence-electron chi connectivity index (χ1n) is 9.32. The van der Waals surface area contributed by atoms with Crippen molar-refractivity contribution in [1.29, 1.82) is 0 Å². The Kier molecular flexibility index (Phi) is 4.55. The van der Waals surface area contributed by atoms with Gasteiger partial charge in [-0.1, -0.05) is 18.3 Å². The number of aryl methyl sites for hydroxylation is 2. The highest BCUT2D eigenvalue weighted by molar-refractivity contribution is 7.19. The molecule has 0 aromatic carbocycles. The number of rotatable bonds is 4. The van der Waals surface area contributed by atoms with Crippen LogP contribution in [0, 0.1) is 6.92 Å². The van der Waals surface area contributed by atoms with E-state index in [0.717, 1.165) is 46.1 Å². The van der Waals surface area contributed by atoms with E-state index in [1.165, 1.54) is 5.56 Å². The number of fused-ring (bicyclic) bond motifs is 3. The zero-order valence-corrected chi connectivity index (χ0v) is 16.9. The van der Waals surface area contributed by atoms with Crippen LogP contribution in [0.3, 0.4) is 0 Å². The van der Waals surface area contributed by atoms with Crippen LogP contribution >= 0.6 is 11.3 Å². The van der Waals surface area contributed by atoms with Crippen molar-refractivity contribution in [2.24, 2.45) is 0 Å². The minimum absolute atomic E-state index is 0.00916. The first kappa shape index (κ1) is 17.9. The summed E-state index contributed by atoms with van der Waals surface area (Å²) in [6, 6.07) is 4.34. The van der Waals surface area contributed by atoms with Gasteiger partial charge in [-0.2, -0.15) is 5.10 Å². The van der Waals surface area contributed by atoms with Gasteiger partial charge in [0.1, 0.15) is 0 Å². The van der Waals surface area contributed by atoms with E-state index < -0.39 is 0 Å². The van der Waals surface area contributed by atoms with Gasteiger partial charge in [-0.05, 0) is 45.7 Å². The van der Waals surface area contributed by atoms with Crippen molar-refractivity contribution in [2.45, 2.75) is 53.0 Å². The molecule has 0 fully saturated rings. The number of pyridine rings is 1. The standard InChI is InChI=1S/C20H23N5OS/c1-5-16(26)23-20-22-15-9-8-14-17(13-7-6-12(4)21-10-13)24-25(11(2)3)18(14)19(15)27-20/h6-7,10-11H,5,8-9H2,1-4H3,(H,22,23,26). The summed E-state index contributed by atoms with van der Waals surface area (Å²) in [6.07, 6.45) is 4.10. The zero-order valence-electron chi connectivity index (χ0n) is 16.0. The van der Waals surface area contributed by atoms with Gasteiger partial charge in [0.15, 0.2) is 5.13 Å². The van der Waals surface area contributed by atoms with Crippen LogP contribution < -0.4 is 5.32 Å². The molecule has 1 aliphatic rings. The molecule has 140 valence electrons. The fourth-order valence-electron chi connectivity index (χ4n) is 3.37. The van der Waals surface area contributed by atoms with Gasteiger partial charge in [0, 0.05) is 35.5 Å². The number of nitrogens with zero attached hydrogens (tertiary/aromatic N) is 4. The highest BCUT2D eigenvalue weighted by Crippen LogP contribution is 2.44. The van der Waals surface area contributed by atoms with Gasteiger partial charge in [0.05, 0.1) is 22.0 Å². The number of carbonyl (C=O) groups is 1. The molecule has 0 aliphatic heterocycles. The zero-order chi connectivity index (χ0) is 19.1. The fraction of sp³-hybridized carbons (Fsp3) is 0.400. The predicted octanol–water partition coefficient (Wildman–Crippen LogP) is 4.41. The number of aromatic nitrogens is 4. The first-order valence-corrected chi connectivity index (χ1v) is 10.1. The van der Waals surface area contributed by atoms with Gasteiger partial charge < -0.3 is 5.32 Å². The quantitative estimate of drug-likeness (QED) is 0.727. The van der Waals surface area contributed by atoms with Crippen molar-refractivity contribution in [3.8, 4) is 21.8 Å². The van der Waals surface area contributed by atoms with Crippen molar-refractivity contribution in [3.63, 3.8) is 0 Å². The van der Waals surface area contributed by atoms with Crippen LogP contribution in [0.15, 0.2) is 18.3 Å². The van der Waals surface area contributed by atoms with Crippen molar-refractivity contribution < 1.29 is 4.79 Å². The Balaban J connectivity index is 1.84.